The van der Waals surface area contributed by atoms with Gasteiger partial charge in [0, 0.05) is 44.2 Å². The number of aliphatic hydroxyl groups excluding tert-OH is 1. The summed E-state index contributed by atoms with van der Waals surface area (Å²) in [6, 6.07) is 5.16. The highest BCUT2D eigenvalue weighted by Crippen LogP contribution is 2.19. The zero-order valence-corrected chi connectivity index (χ0v) is 12.3. The lowest BCUT2D eigenvalue weighted by atomic mass is 10.2. The van der Waals surface area contributed by atoms with E-state index in [9.17, 15) is 9.90 Å². The second-order valence-corrected chi connectivity index (χ2v) is 5.20. The first kappa shape index (κ1) is 14.7. The molecule has 0 aromatic carbocycles. The van der Waals surface area contributed by atoms with E-state index in [4.69, 9.17) is 4.74 Å². The smallest absolute Gasteiger partial charge is 0.255 e. The maximum atomic E-state index is 12.2. The van der Waals surface area contributed by atoms with Crippen molar-refractivity contribution in [1.82, 2.24) is 14.5 Å². The maximum absolute atomic E-state index is 12.2. The average Bonchev–Trinajstić information content (AvgIpc) is 2.58. The number of hydrogen-bond donors (Lipinski definition) is 1. The lowest BCUT2D eigenvalue weighted by Crippen LogP contribution is -2.46. The van der Waals surface area contributed by atoms with E-state index >= 15 is 0 Å². The van der Waals surface area contributed by atoms with Crippen molar-refractivity contribution in [2.75, 3.05) is 31.2 Å². The number of aliphatic hydroxyl groups is 1. The topological polar surface area (TPSA) is 80.5 Å². The number of pyridine rings is 1. The largest absolute Gasteiger partial charge is 0.394 e. The first-order valence-electron chi connectivity index (χ1n) is 7.15. The Morgan fingerprint density at radius 2 is 2.18 bits per heavy atom. The van der Waals surface area contributed by atoms with Gasteiger partial charge in [0.2, 0.25) is 5.95 Å². The van der Waals surface area contributed by atoms with Crippen molar-refractivity contribution in [2.45, 2.75) is 6.10 Å². The van der Waals surface area contributed by atoms with Crippen molar-refractivity contribution in [3.05, 3.63) is 40.9 Å². The summed E-state index contributed by atoms with van der Waals surface area (Å²) in [6.07, 6.45) is 3.09. The van der Waals surface area contributed by atoms with Gasteiger partial charge in [-0.3, -0.25) is 14.3 Å². The molecule has 0 aliphatic carbocycles. The zero-order chi connectivity index (χ0) is 15.5. The van der Waals surface area contributed by atoms with Gasteiger partial charge in [-0.25, -0.2) is 4.98 Å². The van der Waals surface area contributed by atoms with Crippen LogP contribution in [0.2, 0.25) is 0 Å². The highest BCUT2D eigenvalue weighted by molar-refractivity contribution is 5.59. The Bertz CT molecular complexity index is 702. The van der Waals surface area contributed by atoms with Crippen LogP contribution < -0.4 is 10.5 Å². The number of morpholine rings is 1. The van der Waals surface area contributed by atoms with Gasteiger partial charge in [-0.15, -0.1) is 0 Å². The Hall–Kier alpha value is -2.25. The molecule has 3 heterocycles. The second-order valence-electron chi connectivity index (χ2n) is 5.20. The molecule has 1 atom stereocenters. The van der Waals surface area contributed by atoms with Crippen LogP contribution in [0.15, 0.2) is 35.4 Å². The van der Waals surface area contributed by atoms with Crippen molar-refractivity contribution in [3.8, 4) is 11.3 Å². The summed E-state index contributed by atoms with van der Waals surface area (Å²) in [5, 5.41) is 9.26. The molecule has 1 N–H and O–H groups in total. The highest BCUT2D eigenvalue weighted by atomic mass is 16.5. The Morgan fingerprint density at radius 1 is 1.41 bits per heavy atom. The third kappa shape index (κ3) is 2.86. The van der Waals surface area contributed by atoms with Crippen LogP contribution in [0, 0.1) is 0 Å². The third-order valence-corrected chi connectivity index (χ3v) is 3.71. The molecule has 22 heavy (non-hydrogen) atoms. The van der Waals surface area contributed by atoms with Crippen LogP contribution in [-0.4, -0.2) is 52.0 Å². The summed E-state index contributed by atoms with van der Waals surface area (Å²) >= 11 is 0. The molecule has 1 unspecified atom stereocenters. The fraction of sp³-hybridized carbons (Fsp3) is 0.400. The van der Waals surface area contributed by atoms with Gasteiger partial charge in [0.15, 0.2) is 0 Å². The van der Waals surface area contributed by atoms with E-state index in [2.05, 4.69) is 9.97 Å². The predicted octanol–water partition coefficient (Wildman–Crippen LogP) is 0.0398. The molecule has 0 radical (unpaired) electrons. The van der Waals surface area contributed by atoms with Gasteiger partial charge in [-0.1, -0.05) is 0 Å². The van der Waals surface area contributed by atoms with Gasteiger partial charge in [0.05, 0.1) is 25.0 Å². The normalized spacial score (nSPS) is 18.5. The molecule has 2 aromatic heterocycles. The van der Waals surface area contributed by atoms with Crippen LogP contribution in [0.5, 0.6) is 0 Å². The van der Waals surface area contributed by atoms with Crippen molar-refractivity contribution < 1.29 is 9.84 Å². The molecule has 116 valence electrons. The molecule has 0 spiro atoms. The summed E-state index contributed by atoms with van der Waals surface area (Å²) < 4.78 is 6.97. The molecule has 2 aromatic rings. The van der Waals surface area contributed by atoms with E-state index in [0.717, 1.165) is 5.56 Å². The molecular weight excluding hydrogens is 284 g/mol. The van der Waals surface area contributed by atoms with E-state index in [1.165, 1.54) is 10.6 Å². The molecule has 0 amide bonds. The van der Waals surface area contributed by atoms with Gasteiger partial charge in [0.1, 0.15) is 0 Å². The van der Waals surface area contributed by atoms with E-state index < -0.39 is 0 Å². The van der Waals surface area contributed by atoms with Crippen LogP contribution in [0.3, 0.4) is 0 Å². The Kier molecular flexibility index (Phi) is 4.17. The first-order valence-corrected chi connectivity index (χ1v) is 7.15. The molecule has 7 nitrogen and oxygen atoms in total. The molecular formula is C15H18N4O3. The van der Waals surface area contributed by atoms with Crippen LogP contribution in [-0.2, 0) is 11.8 Å². The third-order valence-electron chi connectivity index (χ3n) is 3.71. The van der Waals surface area contributed by atoms with Crippen LogP contribution in [0.1, 0.15) is 0 Å². The van der Waals surface area contributed by atoms with E-state index in [-0.39, 0.29) is 18.3 Å². The second kappa shape index (κ2) is 6.25. The van der Waals surface area contributed by atoms with Gasteiger partial charge in [-0.2, -0.15) is 0 Å². The SMILES string of the molecule is Cn1c(N2CCOC(CO)C2)nc(-c2ccncc2)cc1=O. The van der Waals surface area contributed by atoms with Crippen molar-refractivity contribution in [1.29, 1.82) is 0 Å². The number of ether oxygens (including phenoxy) is 1. The highest BCUT2D eigenvalue weighted by Gasteiger charge is 2.23. The Balaban J connectivity index is 2.00. The predicted molar refractivity (Wildman–Crippen MR) is 81.7 cm³/mol. The average molecular weight is 302 g/mol. The number of nitrogens with zero attached hydrogens (tertiary/aromatic N) is 4. The molecule has 0 bridgehead atoms. The van der Waals surface area contributed by atoms with E-state index in [0.29, 0.717) is 31.3 Å². The molecule has 1 aliphatic heterocycles. The lowest BCUT2D eigenvalue weighted by Gasteiger charge is -2.33. The molecule has 1 saturated heterocycles. The molecule has 1 fully saturated rings. The van der Waals surface area contributed by atoms with Crippen LogP contribution in [0.4, 0.5) is 5.95 Å². The van der Waals surface area contributed by atoms with Crippen LogP contribution >= 0.6 is 0 Å². The Labute approximate surface area is 127 Å². The van der Waals surface area contributed by atoms with Crippen LogP contribution in [0.25, 0.3) is 11.3 Å². The lowest BCUT2D eigenvalue weighted by molar-refractivity contribution is 0.00295. The summed E-state index contributed by atoms with van der Waals surface area (Å²) in [4.78, 5) is 22.8. The minimum atomic E-state index is -0.254. The Morgan fingerprint density at radius 3 is 2.91 bits per heavy atom. The van der Waals surface area contributed by atoms with Crippen molar-refractivity contribution in [3.63, 3.8) is 0 Å². The monoisotopic (exact) mass is 302 g/mol. The summed E-state index contributed by atoms with van der Waals surface area (Å²) in [5.74, 6) is 0.584. The summed E-state index contributed by atoms with van der Waals surface area (Å²) in [6.45, 7) is 1.60. The zero-order valence-electron chi connectivity index (χ0n) is 12.3. The molecule has 3 rings (SSSR count). The summed E-state index contributed by atoms with van der Waals surface area (Å²) in [7, 11) is 1.70. The number of rotatable bonds is 3. The molecule has 0 saturated carbocycles. The number of aromatic nitrogens is 3. The molecule has 1 aliphatic rings. The van der Waals surface area contributed by atoms with Gasteiger partial charge >= 0.3 is 0 Å². The van der Waals surface area contributed by atoms with Gasteiger partial charge in [0.25, 0.3) is 5.56 Å². The standard InChI is InChI=1S/C15H18N4O3/c1-18-14(21)8-13(11-2-4-16-5-3-11)17-15(18)19-6-7-22-12(9-19)10-20/h2-5,8,12,20H,6-7,9-10H2,1H3. The summed E-state index contributed by atoms with van der Waals surface area (Å²) in [5.41, 5.74) is 1.34. The fourth-order valence-corrected chi connectivity index (χ4v) is 2.49. The van der Waals surface area contributed by atoms with Crippen molar-refractivity contribution >= 4 is 5.95 Å². The van der Waals surface area contributed by atoms with E-state index in [1.807, 2.05) is 17.0 Å². The maximum Gasteiger partial charge on any atom is 0.255 e. The minimum absolute atomic E-state index is 0.0471. The van der Waals surface area contributed by atoms with Gasteiger partial charge in [-0.05, 0) is 12.1 Å². The fourth-order valence-electron chi connectivity index (χ4n) is 2.49. The number of hydrogen-bond acceptors (Lipinski definition) is 6. The van der Waals surface area contributed by atoms with Gasteiger partial charge < -0.3 is 14.7 Å². The molecule has 7 heteroatoms. The minimum Gasteiger partial charge on any atom is -0.394 e. The quantitative estimate of drug-likeness (QED) is 0.862. The van der Waals surface area contributed by atoms with Crippen molar-refractivity contribution in [2.24, 2.45) is 7.05 Å². The van der Waals surface area contributed by atoms with E-state index in [1.54, 1.807) is 19.4 Å². The first-order chi connectivity index (χ1) is 10.7. The number of anilines is 1.